The molecule has 1 aromatic carbocycles. The molecule has 2 aromatic rings. The maximum atomic E-state index is 5.86. The molecule has 2 unspecified atom stereocenters. The van der Waals surface area contributed by atoms with E-state index in [-0.39, 0.29) is 6.04 Å². The molecule has 0 saturated heterocycles. The van der Waals surface area contributed by atoms with Crippen molar-refractivity contribution >= 4 is 0 Å². The van der Waals surface area contributed by atoms with E-state index in [1.54, 1.807) is 6.33 Å². The molecule has 0 saturated carbocycles. The van der Waals surface area contributed by atoms with Crippen LogP contribution in [0.3, 0.4) is 0 Å². The molecule has 1 aliphatic rings. The van der Waals surface area contributed by atoms with Crippen LogP contribution >= 0.6 is 0 Å². The molecular weight excluding hydrogens is 262 g/mol. The van der Waals surface area contributed by atoms with Gasteiger partial charge in [-0.2, -0.15) is 5.10 Å². The Hall–Kier alpha value is -1.72. The minimum atomic E-state index is 0.195. The standard InChI is InChI=1S/C16H23N5/c1-2-21-16(18-11-19-21)10-15(20-17)14-9-5-7-12-6-3-4-8-13(12)14/h3-4,6,8,11,14-15,20H,2,5,7,9-10,17H2,1H3. The van der Waals surface area contributed by atoms with Gasteiger partial charge in [0.15, 0.2) is 0 Å². The number of hydrogen-bond donors (Lipinski definition) is 2. The molecule has 3 rings (SSSR count). The molecule has 1 aromatic heterocycles. The van der Waals surface area contributed by atoms with Crippen molar-refractivity contribution in [2.45, 2.75) is 51.1 Å². The van der Waals surface area contributed by atoms with E-state index in [0.717, 1.165) is 18.8 Å². The van der Waals surface area contributed by atoms with E-state index in [2.05, 4.69) is 46.7 Å². The second kappa shape index (κ2) is 6.37. The average Bonchev–Trinajstić information content (AvgIpc) is 2.99. The monoisotopic (exact) mass is 285 g/mol. The number of fused-ring (bicyclic) bond motifs is 1. The molecule has 1 heterocycles. The summed E-state index contributed by atoms with van der Waals surface area (Å²) in [7, 11) is 0. The first-order valence-electron chi connectivity index (χ1n) is 7.74. The van der Waals surface area contributed by atoms with Gasteiger partial charge in [0, 0.05) is 24.9 Å². The van der Waals surface area contributed by atoms with E-state index < -0.39 is 0 Å². The number of aryl methyl sites for hydroxylation is 2. The highest BCUT2D eigenvalue weighted by molar-refractivity contribution is 5.34. The summed E-state index contributed by atoms with van der Waals surface area (Å²) in [6, 6.07) is 8.93. The summed E-state index contributed by atoms with van der Waals surface area (Å²) >= 11 is 0. The zero-order chi connectivity index (χ0) is 14.7. The van der Waals surface area contributed by atoms with Gasteiger partial charge in [-0.3, -0.25) is 16.0 Å². The van der Waals surface area contributed by atoms with Gasteiger partial charge in [-0.05, 0) is 37.3 Å². The maximum Gasteiger partial charge on any atom is 0.138 e. The molecule has 2 atom stereocenters. The highest BCUT2D eigenvalue weighted by Crippen LogP contribution is 2.34. The molecule has 0 bridgehead atoms. The smallest absolute Gasteiger partial charge is 0.138 e. The molecule has 0 aliphatic heterocycles. The van der Waals surface area contributed by atoms with E-state index in [9.17, 15) is 0 Å². The van der Waals surface area contributed by atoms with Crippen molar-refractivity contribution in [1.29, 1.82) is 0 Å². The number of hydrogen-bond acceptors (Lipinski definition) is 4. The molecular formula is C16H23N5. The summed E-state index contributed by atoms with van der Waals surface area (Å²) in [6.07, 6.45) is 6.01. The number of benzene rings is 1. The number of rotatable bonds is 5. The molecule has 0 amide bonds. The average molecular weight is 285 g/mol. The van der Waals surface area contributed by atoms with E-state index in [1.807, 2.05) is 4.68 Å². The van der Waals surface area contributed by atoms with Crippen LogP contribution < -0.4 is 11.3 Å². The van der Waals surface area contributed by atoms with Crippen molar-refractivity contribution in [3.8, 4) is 0 Å². The highest BCUT2D eigenvalue weighted by atomic mass is 15.3. The number of hydrazine groups is 1. The van der Waals surface area contributed by atoms with E-state index in [4.69, 9.17) is 5.84 Å². The molecule has 5 heteroatoms. The fourth-order valence-corrected chi connectivity index (χ4v) is 3.43. The zero-order valence-corrected chi connectivity index (χ0v) is 12.5. The molecule has 112 valence electrons. The van der Waals surface area contributed by atoms with Crippen LogP contribution in [0.5, 0.6) is 0 Å². The quantitative estimate of drug-likeness (QED) is 0.649. The number of nitrogens with one attached hydrogen (secondary N) is 1. The van der Waals surface area contributed by atoms with Gasteiger partial charge in [-0.15, -0.1) is 0 Å². The van der Waals surface area contributed by atoms with E-state index >= 15 is 0 Å². The van der Waals surface area contributed by atoms with Crippen LogP contribution in [0.1, 0.15) is 42.6 Å². The van der Waals surface area contributed by atoms with Gasteiger partial charge in [0.2, 0.25) is 0 Å². The maximum absolute atomic E-state index is 5.86. The summed E-state index contributed by atoms with van der Waals surface area (Å²) < 4.78 is 1.94. The molecule has 0 radical (unpaired) electrons. The first-order chi connectivity index (χ1) is 10.3. The summed E-state index contributed by atoms with van der Waals surface area (Å²) in [5, 5.41) is 4.25. The Labute approximate surface area is 125 Å². The molecule has 0 spiro atoms. The van der Waals surface area contributed by atoms with E-state index in [1.165, 1.54) is 30.4 Å². The Morgan fingerprint density at radius 1 is 1.43 bits per heavy atom. The lowest BCUT2D eigenvalue weighted by atomic mass is 9.78. The lowest BCUT2D eigenvalue weighted by Crippen LogP contribution is -2.43. The van der Waals surface area contributed by atoms with Crippen LogP contribution in [-0.4, -0.2) is 20.8 Å². The third kappa shape index (κ3) is 2.84. The molecule has 3 N–H and O–H groups in total. The number of nitrogens with two attached hydrogens (primary N) is 1. The first kappa shape index (κ1) is 14.2. The van der Waals surface area contributed by atoms with Crippen molar-refractivity contribution < 1.29 is 0 Å². The van der Waals surface area contributed by atoms with Crippen LogP contribution in [0.4, 0.5) is 0 Å². The fourth-order valence-electron chi connectivity index (χ4n) is 3.43. The van der Waals surface area contributed by atoms with Gasteiger partial charge in [-0.25, -0.2) is 4.98 Å². The summed E-state index contributed by atoms with van der Waals surface area (Å²) in [4.78, 5) is 4.38. The SMILES string of the molecule is CCn1ncnc1CC(NN)C1CCCc2ccccc21. The molecule has 0 fully saturated rings. The van der Waals surface area contributed by atoms with Gasteiger partial charge in [0.25, 0.3) is 0 Å². The topological polar surface area (TPSA) is 68.8 Å². The molecule has 1 aliphatic carbocycles. The zero-order valence-electron chi connectivity index (χ0n) is 12.5. The van der Waals surface area contributed by atoms with Crippen molar-refractivity contribution in [3.63, 3.8) is 0 Å². The lowest BCUT2D eigenvalue weighted by molar-refractivity contribution is 0.384. The van der Waals surface area contributed by atoms with Gasteiger partial charge >= 0.3 is 0 Å². The van der Waals surface area contributed by atoms with Crippen molar-refractivity contribution in [2.24, 2.45) is 5.84 Å². The minimum absolute atomic E-state index is 0.195. The van der Waals surface area contributed by atoms with Crippen LogP contribution in [0.15, 0.2) is 30.6 Å². The van der Waals surface area contributed by atoms with Crippen LogP contribution in [0, 0.1) is 0 Å². The Balaban J connectivity index is 1.84. The second-order valence-electron chi connectivity index (χ2n) is 5.67. The predicted octanol–water partition coefficient (Wildman–Crippen LogP) is 1.79. The largest absolute Gasteiger partial charge is 0.271 e. The number of aromatic nitrogens is 3. The highest BCUT2D eigenvalue weighted by Gasteiger charge is 2.28. The van der Waals surface area contributed by atoms with Crippen LogP contribution in [-0.2, 0) is 19.4 Å². The van der Waals surface area contributed by atoms with Crippen molar-refractivity contribution in [1.82, 2.24) is 20.2 Å². The van der Waals surface area contributed by atoms with Gasteiger partial charge in [-0.1, -0.05) is 24.3 Å². The normalized spacial score (nSPS) is 19.2. The first-order valence-corrected chi connectivity index (χ1v) is 7.74. The summed E-state index contributed by atoms with van der Waals surface area (Å²) in [6.45, 7) is 2.92. The summed E-state index contributed by atoms with van der Waals surface area (Å²) in [5.74, 6) is 7.31. The second-order valence-corrected chi connectivity index (χ2v) is 5.67. The predicted molar refractivity (Wildman–Crippen MR) is 82.6 cm³/mol. The lowest BCUT2D eigenvalue weighted by Gasteiger charge is -2.32. The summed E-state index contributed by atoms with van der Waals surface area (Å²) in [5.41, 5.74) is 5.92. The van der Waals surface area contributed by atoms with Crippen molar-refractivity contribution in [2.75, 3.05) is 0 Å². The van der Waals surface area contributed by atoms with Gasteiger partial charge in [0.05, 0.1) is 0 Å². The van der Waals surface area contributed by atoms with E-state index in [0.29, 0.717) is 5.92 Å². The Bertz CT molecular complexity index is 592. The fraction of sp³-hybridized carbons (Fsp3) is 0.500. The van der Waals surface area contributed by atoms with Gasteiger partial charge < -0.3 is 0 Å². The van der Waals surface area contributed by atoms with Crippen molar-refractivity contribution in [3.05, 3.63) is 47.5 Å². The minimum Gasteiger partial charge on any atom is -0.271 e. The molecule has 5 nitrogen and oxygen atoms in total. The van der Waals surface area contributed by atoms with Gasteiger partial charge in [0.1, 0.15) is 12.2 Å². The Kier molecular flexibility index (Phi) is 4.31. The third-order valence-corrected chi connectivity index (χ3v) is 4.51. The third-order valence-electron chi connectivity index (χ3n) is 4.51. The number of nitrogens with zero attached hydrogens (tertiary/aromatic N) is 3. The molecule has 21 heavy (non-hydrogen) atoms. The Morgan fingerprint density at radius 2 is 2.29 bits per heavy atom. The van der Waals surface area contributed by atoms with Crippen LogP contribution in [0.25, 0.3) is 0 Å². The Morgan fingerprint density at radius 3 is 3.10 bits per heavy atom. The van der Waals surface area contributed by atoms with Crippen LogP contribution in [0.2, 0.25) is 0 Å².